The van der Waals surface area contributed by atoms with Crippen molar-refractivity contribution in [2.24, 2.45) is 7.05 Å². The van der Waals surface area contributed by atoms with E-state index in [0.29, 0.717) is 12.6 Å². The number of hydrogen-bond acceptors (Lipinski definition) is 3. The lowest BCUT2D eigenvalue weighted by Crippen LogP contribution is -2.31. The average molecular weight is 211 g/mol. The first-order valence-corrected chi connectivity index (χ1v) is 5.57. The Morgan fingerprint density at radius 1 is 1.47 bits per heavy atom. The van der Waals surface area contributed by atoms with Crippen LogP contribution >= 0.6 is 0 Å². The van der Waals surface area contributed by atoms with E-state index in [1.54, 1.807) is 10.9 Å². The Morgan fingerprint density at radius 2 is 2.13 bits per heavy atom. The molecule has 1 atom stereocenters. The van der Waals surface area contributed by atoms with Crippen LogP contribution in [-0.4, -0.2) is 27.5 Å². The first-order chi connectivity index (χ1) is 7.17. The number of nitrogens with zero attached hydrogens (tertiary/aromatic N) is 2. The predicted molar refractivity (Wildman–Crippen MR) is 60.5 cm³/mol. The Kier molecular flexibility index (Phi) is 4.78. The van der Waals surface area contributed by atoms with Crippen molar-refractivity contribution in [3.05, 3.63) is 18.0 Å². The van der Waals surface area contributed by atoms with Crippen LogP contribution in [0.5, 0.6) is 0 Å². The standard InChI is InChI=1S/C11H21N3O/c1-4-10(5-2)12-7-11(15)9-6-13-14(3)8-9/h6,8,10-12,15H,4-5,7H2,1-3H3. The van der Waals surface area contributed by atoms with Crippen molar-refractivity contribution in [2.75, 3.05) is 6.54 Å². The Balaban J connectivity index is 2.39. The van der Waals surface area contributed by atoms with Gasteiger partial charge in [-0.15, -0.1) is 0 Å². The SMILES string of the molecule is CCC(CC)NCC(O)c1cnn(C)c1. The highest BCUT2D eigenvalue weighted by molar-refractivity contribution is 5.08. The fourth-order valence-electron chi connectivity index (χ4n) is 1.59. The van der Waals surface area contributed by atoms with Crippen molar-refractivity contribution in [1.82, 2.24) is 15.1 Å². The second kappa shape index (κ2) is 5.88. The number of aromatic nitrogens is 2. The molecule has 1 heterocycles. The molecule has 1 rings (SSSR count). The third-order valence-corrected chi connectivity index (χ3v) is 2.70. The highest BCUT2D eigenvalue weighted by Gasteiger charge is 2.11. The first kappa shape index (κ1) is 12.2. The highest BCUT2D eigenvalue weighted by atomic mass is 16.3. The molecule has 0 aromatic carbocycles. The number of aliphatic hydroxyl groups is 1. The quantitative estimate of drug-likeness (QED) is 0.744. The predicted octanol–water partition coefficient (Wildman–Crippen LogP) is 1.23. The van der Waals surface area contributed by atoms with Crippen LogP contribution in [0.3, 0.4) is 0 Å². The van der Waals surface area contributed by atoms with Gasteiger partial charge in [-0.2, -0.15) is 5.10 Å². The van der Waals surface area contributed by atoms with E-state index >= 15 is 0 Å². The molecule has 4 nitrogen and oxygen atoms in total. The number of hydrogen-bond donors (Lipinski definition) is 2. The zero-order valence-electron chi connectivity index (χ0n) is 9.77. The van der Waals surface area contributed by atoms with Gasteiger partial charge in [-0.3, -0.25) is 4.68 Å². The normalized spacial score (nSPS) is 13.4. The van der Waals surface area contributed by atoms with Gasteiger partial charge in [0.1, 0.15) is 0 Å². The van der Waals surface area contributed by atoms with Crippen LogP contribution in [0.1, 0.15) is 38.4 Å². The van der Waals surface area contributed by atoms with Gasteiger partial charge in [-0.1, -0.05) is 13.8 Å². The molecule has 0 radical (unpaired) electrons. The van der Waals surface area contributed by atoms with Crippen molar-refractivity contribution in [1.29, 1.82) is 0 Å². The average Bonchev–Trinajstić information content (AvgIpc) is 2.66. The Bertz CT molecular complexity index is 281. The zero-order chi connectivity index (χ0) is 11.3. The lowest BCUT2D eigenvalue weighted by molar-refractivity contribution is 0.169. The molecule has 4 heteroatoms. The largest absolute Gasteiger partial charge is 0.387 e. The maximum atomic E-state index is 9.86. The Labute approximate surface area is 91.3 Å². The summed E-state index contributed by atoms with van der Waals surface area (Å²) in [5.41, 5.74) is 0.871. The van der Waals surface area contributed by atoms with Gasteiger partial charge in [0.15, 0.2) is 0 Å². The number of aryl methyl sites for hydroxylation is 1. The lowest BCUT2D eigenvalue weighted by Gasteiger charge is -2.17. The van der Waals surface area contributed by atoms with Crippen LogP contribution in [0.4, 0.5) is 0 Å². The lowest BCUT2D eigenvalue weighted by atomic mass is 10.1. The molecule has 0 aliphatic carbocycles. The summed E-state index contributed by atoms with van der Waals surface area (Å²) in [6.45, 7) is 4.90. The van der Waals surface area contributed by atoms with Gasteiger partial charge < -0.3 is 10.4 Å². The van der Waals surface area contributed by atoms with E-state index in [9.17, 15) is 5.11 Å². The zero-order valence-corrected chi connectivity index (χ0v) is 9.77. The molecule has 0 saturated carbocycles. The third-order valence-electron chi connectivity index (χ3n) is 2.70. The molecule has 15 heavy (non-hydrogen) atoms. The fraction of sp³-hybridized carbons (Fsp3) is 0.727. The maximum absolute atomic E-state index is 9.86. The van der Waals surface area contributed by atoms with Crippen LogP contribution in [0.2, 0.25) is 0 Å². The van der Waals surface area contributed by atoms with Crippen molar-refractivity contribution in [3.63, 3.8) is 0 Å². The van der Waals surface area contributed by atoms with Crippen LogP contribution in [0.25, 0.3) is 0 Å². The molecule has 0 bridgehead atoms. The molecule has 0 saturated heterocycles. The summed E-state index contributed by atoms with van der Waals surface area (Å²) in [4.78, 5) is 0. The molecule has 2 N–H and O–H groups in total. The van der Waals surface area contributed by atoms with Crippen molar-refractivity contribution >= 4 is 0 Å². The summed E-state index contributed by atoms with van der Waals surface area (Å²) in [7, 11) is 1.85. The van der Waals surface area contributed by atoms with E-state index in [0.717, 1.165) is 18.4 Å². The molecule has 1 unspecified atom stereocenters. The van der Waals surface area contributed by atoms with Crippen LogP contribution in [-0.2, 0) is 7.05 Å². The molecule has 86 valence electrons. The Morgan fingerprint density at radius 3 is 2.60 bits per heavy atom. The van der Waals surface area contributed by atoms with Gasteiger partial charge in [0.2, 0.25) is 0 Å². The van der Waals surface area contributed by atoms with E-state index in [1.165, 1.54) is 0 Å². The van der Waals surface area contributed by atoms with Crippen molar-refractivity contribution in [3.8, 4) is 0 Å². The Hall–Kier alpha value is -0.870. The van der Waals surface area contributed by atoms with E-state index in [-0.39, 0.29) is 0 Å². The summed E-state index contributed by atoms with van der Waals surface area (Å²) < 4.78 is 1.70. The van der Waals surface area contributed by atoms with E-state index < -0.39 is 6.10 Å². The summed E-state index contributed by atoms with van der Waals surface area (Å²) in [6.07, 6.45) is 5.28. The van der Waals surface area contributed by atoms with E-state index in [4.69, 9.17) is 0 Å². The minimum absolute atomic E-state index is 0.459. The molecule has 0 aliphatic heterocycles. The van der Waals surface area contributed by atoms with Gasteiger partial charge in [0.05, 0.1) is 12.3 Å². The van der Waals surface area contributed by atoms with Gasteiger partial charge in [0, 0.05) is 31.4 Å². The van der Waals surface area contributed by atoms with Crippen LogP contribution in [0.15, 0.2) is 12.4 Å². The summed E-state index contributed by atoms with van der Waals surface area (Å²) in [6, 6.07) is 0.497. The van der Waals surface area contributed by atoms with Gasteiger partial charge in [0.25, 0.3) is 0 Å². The monoisotopic (exact) mass is 211 g/mol. The molecule has 1 aromatic rings. The molecule has 0 amide bonds. The fourth-order valence-corrected chi connectivity index (χ4v) is 1.59. The molecule has 0 fully saturated rings. The minimum atomic E-state index is -0.459. The van der Waals surface area contributed by atoms with Gasteiger partial charge in [-0.25, -0.2) is 0 Å². The van der Waals surface area contributed by atoms with Crippen molar-refractivity contribution in [2.45, 2.75) is 38.8 Å². The molecular formula is C11H21N3O. The second-order valence-corrected chi connectivity index (χ2v) is 3.88. The maximum Gasteiger partial charge on any atom is 0.0944 e. The molecule has 0 spiro atoms. The topological polar surface area (TPSA) is 50.1 Å². The van der Waals surface area contributed by atoms with Gasteiger partial charge >= 0.3 is 0 Å². The number of rotatable bonds is 6. The van der Waals surface area contributed by atoms with Gasteiger partial charge in [-0.05, 0) is 12.8 Å². The van der Waals surface area contributed by atoms with Crippen LogP contribution in [0, 0.1) is 0 Å². The minimum Gasteiger partial charge on any atom is -0.387 e. The van der Waals surface area contributed by atoms with Crippen molar-refractivity contribution < 1.29 is 5.11 Å². The van der Waals surface area contributed by atoms with E-state index in [1.807, 2.05) is 13.2 Å². The molecule has 0 aliphatic rings. The summed E-state index contributed by atoms with van der Waals surface area (Å²) in [5.74, 6) is 0. The summed E-state index contributed by atoms with van der Waals surface area (Å²) >= 11 is 0. The number of aliphatic hydroxyl groups excluding tert-OH is 1. The number of nitrogens with one attached hydrogen (secondary N) is 1. The summed E-state index contributed by atoms with van der Waals surface area (Å²) in [5, 5.41) is 17.2. The first-order valence-electron chi connectivity index (χ1n) is 5.57. The smallest absolute Gasteiger partial charge is 0.0944 e. The second-order valence-electron chi connectivity index (χ2n) is 3.88. The molecular weight excluding hydrogens is 190 g/mol. The van der Waals surface area contributed by atoms with E-state index in [2.05, 4.69) is 24.3 Å². The third kappa shape index (κ3) is 3.64. The molecule has 1 aromatic heterocycles. The van der Waals surface area contributed by atoms with Crippen LogP contribution < -0.4 is 5.32 Å². The highest BCUT2D eigenvalue weighted by Crippen LogP contribution is 2.10.